The zero-order valence-electron chi connectivity index (χ0n) is 15.3. The number of Topliss-reactive ketones (excluding diaryl/α,β-unsaturated/α-hetero) is 1. The van der Waals surface area contributed by atoms with E-state index in [0.717, 1.165) is 0 Å². The van der Waals surface area contributed by atoms with Gasteiger partial charge in [0.25, 0.3) is 0 Å². The second-order valence-electron chi connectivity index (χ2n) is 5.71. The first kappa shape index (κ1) is 18.3. The lowest BCUT2D eigenvalue weighted by Crippen LogP contribution is -2.11. The van der Waals surface area contributed by atoms with Crippen molar-refractivity contribution in [3.8, 4) is 34.3 Å². The Morgan fingerprint density at radius 3 is 2.07 bits per heavy atom. The predicted octanol–water partition coefficient (Wildman–Crippen LogP) is 3.39. The van der Waals surface area contributed by atoms with Gasteiger partial charge in [-0.1, -0.05) is 30.3 Å². The highest BCUT2D eigenvalue weighted by Gasteiger charge is 2.30. The lowest BCUT2D eigenvalue weighted by atomic mass is 10.0. The van der Waals surface area contributed by atoms with Crippen molar-refractivity contribution < 1.29 is 28.5 Å². The monoisotopic (exact) mass is 370 g/mol. The van der Waals surface area contributed by atoms with Crippen LogP contribution in [0, 0.1) is 0 Å². The van der Waals surface area contributed by atoms with Crippen molar-refractivity contribution in [2.75, 3.05) is 21.3 Å². The number of hydrogen-bond acceptors (Lipinski definition) is 7. The molecule has 2 aromatic carbocycles. The minimum Gasteiger partial charge on any atom is -0.504 e. The molecule has 0 aliphatic carbocycles. The summed E-state index contributed by atoms with van der Waals surface area (Å²) < 4.78 is 21.6. The summed E-state index contributed by atoms with van der Waals surface area (Å²) in [7, 11) is 3.95. The van der Waals surface area contributed by atoms with Gasteiger partial charge in [0, 0.05) is 5.56 Å². The van der Waals surface area contributed by atoms with Gasteiger partial charge in [-0.3, -0.25) is 9.59 Å². The van der Waals surface area contributed by atoms with Crippen molar-refractivity contribution in [1.29, 1.82) is 0 Å². The van der Waals surface area contributed by atoms with Crippen LogP contribution in [0.15, 0.2) is 39.5 Å². The second kappa shape index (κ2) is 7.03. The molecular formula is C20H18O7. The van der Waals surface area contributed by atoms with Gasteiger partial charge in [0.15, 0.2) is 28.6 Å². The largest absolute Gasteiger partial charge is 0.504 e. The van der Waals surface area contributed by atoms with Gasteiger partial charge in [-0.25, -0.2) is 0 Å². The number of fused-ring (bicyclic) bond motifs is 1. The Morgan fingerprint density at radius 1 is 0.963 bits per heavy atom. The van der Waals surface area contributed by atoms with Crippen LogP contribution < -0.4 is 19.6 Å². The fourth-order valence-electron chi connectivity index (χ4n) is 3.02. The van der Waals surface area contributed by atoms with Crippen LogP contribution in [0.2, 0.25) is 0 Å². The molecule has 0 amide bonds. The average Bonchev–Trinajstić information content (AvgIpc) is 2.67. The zero-order chi connectivity index (χ0) is 19.7. The third-order valence-electron chi connectivity index (χ3n) is 4.18. The van der Waals surface area contributed by atoms with Gasteiger partial charge in [0.05, 0.1) is 21.3 Å². The minimum atomic E-state index is -0.626. The van der Waals surface area contributed by atoms with E-state index in [0.29, 0.717) is 5.56 Å². The molecule has 27 heavy (non-hydrogen) atoms. The Bertz CT molecular complexity index is 1080. The Morgan fingerprint density at radius 2 is 1.56 bits per heavy atom. The topological polar surface area (TPSA) is 95.2 Å². The summed E-state index contributed by atoms with van der Waals surface area (Å²) in [6, 6.07) is 8.84. The molecule has 140 valence electrons. The van der Waals surface area contributed by atoms with Gasteiger partial charge in [-0.05, 0) is 6.92 Å². The van der Waals surface area contributed by atoms with Crippen LogP contribution in [-0.2, 0) is 0 Å². The van der Waals surface area contributed by atoms with Crippen molar-refractivity contribution in [3.63, 3.8) is 0 Å². The van der Waals surface area contributed by atoms with E-state index in [1.165, 1.54) is 28.3 Å². The van der Waals surface area contributed by atoms with E-state index in [4.69, 9.17) is 18.6 Å². The lowest BCUT2D eigenvalue weighted by Gasteiger charge is -2.17. The number of rotatable bonds is 5. The molecule has 0 radical (unpaired) electrons. The summed E-state index contributed by atoms with van der Waals surface area (Å²) in [5.74, 6) is -0.988. The van der Waals surface area contributed by atoms with Crippen molar-refractivity contribution >= 4 is 16.8 Å². The standard InChI is InChI=1S/C20H18O7/c1-10(21)12-17-13(15(23)20(26-4)18(12)24-2)14(22)19(25-3)16(27-17)11-8-6-5-7-9-11/h5-9,23H,1-4H3. The Balaban J connectivity index is 2.59. The zero-order valence-corrected chi connectivity index (χ0v) is 15.3. The summed E-state index contributed by atoms with van der Waals surface area (Å²) in [6.07, 6.45) is 0. The second-order valence-corrected chi connectivity index (χ2v) is 5.71. The van der Waals surface area contributed by atoms with Crippen LogP contribution in [0.25, 0.3) is 22.3 Å². The van der Waals surface area contributed by atoms with Gasteiger partial charge in [-0.2, -0.15) is 0 Å². The van der Waals surface area contributed by atoms with E-state index >= 15 is 0 Å². The molecule has 7 heteroatoms. The predicted molar refractivity (Wildman–Crippen MR) is 99.2 cm³/mol. The van der Waals surface area contributed by atoms with Crippen molar-refractivity contribution in [3.05, 3.63) is 46.1 Å². The van der Waals surface area contributed by atoms with E-state index in [2.05, 4.69) is 0 Å². The molecule has 0 spiro atoms. The van der Waals surface area contributed by atoms with Gasteiger partial charge in [0.1, 0.15) is 10.9 Å². The number of carbonyl (C=O) groups excluding carboxylic acids is 1. The fraction of sp³-hybridized carbons (Fsp3) is 0.200. The van der Waals surface area contributed by atoms with Crippen LogP contribution in [0.3, 0.4) is 0 Å². The number of ketones is 1. The third-order valence-corrected chi connectivity index (χ3v) is 4.18. The molecule has 0 saturated heterocycles. The molecule has 0 aliphatic rings. The minimum absolute atomic E-state index is 0.000848. The van der Waals surface area contributed by atoms with E-state index in [9.17, 15) is 14.7 Å². The van der Waals surface area contributed by atoms with Gasteiger partial charge < -0.3 is 23.7 Å². The number of carbonyl (C=O) groups is 1. The molecule has 0 aliphatic heterocycles. The summed E-state index contributed by atoms with van der Waals surface area (Å²) in [5, 5.41) is 10.4. The van der Waals surface area contributed by atoms with E-state index < -0.39 is 17.0 Å². The maximum atomic E-state index is 13.1. The molecule has 1 N–H and O–H groups in total. The van der Waals surface area contributed by atoms with Crippen LogP contribution in [-0.4, -0.2) is 32.2 Å². The Hall–Kier alpha value is -3.48. The Labute approximate surface area is 154 Å². The van der Waals surface area contributed by atoms with Gasteiger partial charge in [0.2, 0.25) is 16.9 Å². The molecule has 3 aromatic rings. The first-order chi connectivity index (χ1) is 13.0. The number of phenolic OH excluding ortho intramolecular Hbond substituents is 1. The number of aromatic hydroxyl groups is 1. The lowest BCUT2D eigenvalue weighted by molar-refractivity contribution is 0.101. The first-order valence-electron chi connectivity index (χ1n) is 8.04. The summed E-state index contributed by atoms with van der Waals surface area (Å²) in [4.78, 5) is 25.4. The number of methoxy groups -OCH3 is 3. The Kier molecular flexibility index (Phi) is 4.77. The molecule has 0 saturated carbocycles. The van der Waals surface area contributed by atoms with E-state index in [1.54, 1.807) is 24.3 Å². The first-order valence-corrected chi connectivity index (χ1v) is 8.04. The van der Waals surface area contributed by atoms with Crippen molar-refractivity contribution in [2.24, 2.45) is 0 Å². The summed E-state index contributed by atoms with van der Waals surface area (Å²) >= 11 is 0. The van der Waals surface area contributed by atoms with Gasteiger partial charge >= 0.3 is 0 Å². The smallest absolute Gasteiger partial charge is 0.239 e. The molecule has 0 unspecified atom stereocenters. The number of ether oxygens (including phenoxy) is 3. The maximum absolute atomic E-state index is 13.1. The molecule has 7 nitrogen and oxygen atoms in total. The highest BCUT2D eigenvalue weighted by atomic mass is 16.5. The fourth-order valence-corrected chi connectivity index (χ4v) is 3.02. The highest BCUT2D eigenvalue weighted by Crippen LogP contribution is 2.47. The number of phenols is 1. The molecular weight excluding hydrogens is 352 g/mol. The molecule has 0 fully saturated rings. The van der Waals surface area contributed by atoms with Crippen LogP contribution in [0.5, 0.6) is 23.0 Å². The highest BCUT2D eigenvalue weighted by molar-refractivity contribution is 6.11. The SMILES string of the molecule is COc1c(OC)c(O)c2c(=O)c(OC)c(-c3ccccc3)oc2c1C(C)=O. The van der Waals surface area contributed by atoms with Crippen molar-refractivity contribution in [2.45, 2.75) is 6.92 Å². The number of benzene rings is 2. The molecule has 0 bridgehead atoms. The van der Waals surface area contributed by atoms with Crippen molar-refractivity contribution in [1.82, 2.24) is 0 Å². The van der Waals surface area contributed by atoms with E-state index in [-0.39, 0.29) is 39.5 Å². The van der Waals surface area contributed by atoms with E-state index in [1.807, 2.05) is 6.07 Å². The maximum Gasteiger partial charge on any atom is 0.239 e. The summed E-state index contributed by atoms with van der Waals surface area (Å²) in [6.45, 7) is 1.31. The van der Waals surface area contributed by atoms with Crippen LogP contribution >= 0.6 is 0 Å². The molecule has 1 heterocycles. The number of hydrogen-bond donors (Lipinski definition) is 1. The average molecular weight is 370 g/mol. The normalized spacial score (nSPS) is 10.7. The quantitative estimate of drug-likeness (QED) is 0.688. The summed E-state index contributed by atoms with van der Waals surface area (Å²) in [5.41, 5.74) is -0.142. The van der Waals surface area contributed by atoms with Crippen LogP contribution in [0.4, 0.5) is 0 Å². The van der Waals surface area contributed by atoms with Gasteiger partial charge in [-0.15, -0.1) is 0 Å². The molecule has 0 atom stereocenters. The third kappa shape index (κ3) is 2.77. The molecule has 1 aromatic heterocycles. The molecule has 3 rings (SSSR count). The van der Waals surface area contributed by atoms with Crippen LogP contribution in [0.1, 0.15) is 17.3 Å².